The van der Waals surface area contributed by atoms with E-state index in [1.165, 1.54) is 11.9 Å². The van der Waals surface area contributed by atoms with Gasteiger partial charge in [-0.15, -0.1) is 0 Å². The van der Waals surface area contributed by atoms with E-state index >= 15 is 0 Å². The molecule has 1 aliphatic carbocycles. The molecule has 0 aromatic heterocycles. The fourth-order valence-corrected chi connectivity index (χ4v) is 3.09. The molecule has 0 aromatic carbocycles. The fourth-order valence-electron chi connectivity index (χ4n) is 2.27. The van der Waals surface area contributed by atoms with Crippen LogP contribution in [0.4, 0.5) is 0 Å². The van der Waals surface area contributed by atoms with E-state index in [1.807, 2.05) is 6.08 Å². The highest BCUT2D eigenvalue weighted by Gasteiger charge is 2.45. The Morgan fingerprint density at radius 1 is 1.47 bits per heavy atom. The lowest BCUT2D eigenvalue weighted by molar-refractivity contribution is -0.131. The molecule has 2 unspecified atom stereocenters. The molecule has 1 amide bonds. The number of hydrogen-bond donors (Lipinski definition) is 1. The normalized spacial score (nSPS) is 33.9. The number of carbonyl (C=O) groups excluding carboxylic acids is 2. The largest absolute Gasteiger partial charge is 0.298 e. The van der Waals surface area contributed by atoms with Gasteiger partial charge in [0.15, 0.2) is 5.78 Å². The first-order valence-corrected chi connectivity index (χ1v) is 5.88. The highest BCUT2D eigenvalue weighted by molar-refractivity contribution is 8.13. The molecule has 0 radical (unpaired) electrons. The molecule has 15 heavy (non-hydrogen) atoms. The summed E-state index contributed by atoms with van der Waals surface area (Å²) >= 11 is 1.18. The monoisotopic (exact) mass is 222 g/mol. The van der Waals surface area contributed by atoms with Crippen LogP contribution in [0, 0.1) is 11.8 Å². The number of nitrogens with zero attached hydrogens (tertiary/aromatic N) is 1. The van der Waals surface area contributed by atoms with Crippen LogP contribution in [0.25, 0.3) is 0 Å². The van der Waals surface area contributed by atoms with Gasteiger partial charge >= 0.3 is 0 Å². The van der Waals surface area contributed by atoms with Crippen molar-refractivity contribution in [3.8, 4) is 0 Å². The molecule has 5 heteroatoms. The number of ketones is 1. The minimum absolute atomic E-state index is 0.0356. The second-order valence-corrected chi connectivity index (χ2v) is 4.79. The number of carbonyl (C=O) groups is 2. The molecule has 78 valence electrons. The summed E-state index contributed by atoms with van der Waals surface area (Å²) in [5.74, 6) is -0.908. The lowest BCUT2D eigenvalue weighted by atomic mass is 9.81. The summed E-state index contributed by atoms with van der Waals surface area (Å²) in [5, 5.41) is 0.634. The van der Waals surface area contributed by atoms with E-state index in [-0.39, 0.29) is 17.6 Å². The minimum atomic E-state index is -0.616. The third-order valence-electron chi connectivity index (χ3n) is 3.04. The lowest BCUT2D eigenvalue weighted by Crippen LogP contribution is -2.37. The van der Waals surface area contributed by atoms with Gasteiger partial charge in [0.2, 0.25) is 5.91 Å². The Labute approximate surface area is 91.3 Å². The van der Waals surface area contributed by atoms with Gasteiger partial charge in [0.05, 0.1) is 5.92 Å². The molecule has 3 aliphatic rings. The number of hydrogen-bond acceptors (Lipinski definition) is 4. The number of rotatable bonds is 0. The summed E-state index contributed by atoms with van der Waals surface area (Å²) in [7, 11) is 0. The van der Waals surface area contributed by atoms with E-state index < -0.39 is 5.92 Å². The van der Waals surface area contributed by atoms with Crippen molar-refractivity contribution in [2.45, 2.75) is 19.3 Å². The van der Waals surface area contributed by atoms with Crippen molar-refractivity contribution in [1.29, 1.82) is 0 Å². The number of aliphatic imine (C=N–C) groups is 1. The van der Waals surface area contributed by atoms with Crippen molar-refractivity contribution in [1.82, 2.24) is 4.72 Å². The Bertz CT molecular complexity index is 414. The van der Waals surface area contributed by atoms with Gasteiger partial charge < -0.3 is 0 Å². The zero-order chi connectivity index (χ0) is 10.4. The molecular formula is C10H10N2O2S. The Hall–Kier alpha value is -1.10. The number of Topliss-reactive ketones (excluding diaryl/α,β-unsaturated/α-hetero) is 1. The molecule has 1 fully saturated rings. The van der Waals surface area contributed by atoms with Crippen LogP contribution in [0.1, 0.15) is 19.3 Å². The topological polar surface area (TPSA) is 58.5 Å². The minimum Gasteiger partial charge on any atom is -0.298 e. The Morgan fingerprint density at radius 2 is 2.33 bits per heavy atom. The molecule has 1 saturated heterocycles. The quantitative estimate of drug-likeness (QED) is 0.492. The molecule has 0 spiro atoms. The van der Waals surface area contributed by atoms with Crippen LogP contribution in [0.3, 0.4) is 0 Å². The van der Waals surface area contributed by atoms with Gasteiger partial charge in [-0.25, -0.2) is 4.99 Å². The third-order valence-corrected chi connectivity index (χ3v) is 3.88. The zero-order valence-electron chi connectivity index (χ0n) is 8.03. The SMILES string of the molecule is O=C1NSC2=NC3=CCCCC3C(=O)C12. The molecular weight excluding hydrogens is 212 g/mol. The van der Waals surface area contributed by atoms with Gasteiger partial charge in [-0.05, 0) is 19.3 Å². The first-order valence-electron chi connectivity index (χ1n) is 5.06. The number of nitrogens with one attached hydrogen (secondary N) is 1. The molecule has 2 atom stereocenters. The van der Waals surface area contributed by atoms with Gasteiger partial charge in [-0.1, -0.05) is 6.08 Å². The second-order valence-electron chi connectivity index (χ2n) is 3.97. The van der Waals surface area contributed by atoms with E-state index in [4.69, 9.17) is 0 Å². The predicted octanol–water partition coefficient (Wildman–Crippen LogP) is 1.05. The maximum atomic E-state index is 12.1. The molecule has 3 rings (SSSR count). The number of fused-ring (bicyclic) bond motifs is 2. The molecule has 0 saturated carbocycles. The molecule has 2 aliphatic heterocycles. The smallest absolute Gasteiger partial charge is 0.247 e. The summed E-state index contributed by atoms with van der Waals surface area (Å²) < 4.78 is 2.60. The van der Waals surface area contributed by atoms with Gasteiger partial charge in [-0.3, -0.25) is 14.3 Å². The summed E-state index contributed by atoms with van der Waals surface area (Å²) in [6, 6.07) is 0. The van der Waals surface area contributed by atoms with Crippen LogP contribution in [0.5, 0.6) is 0 Å². The predicted molar refractivity (Wildman–Crippen MR) is 57.1 cm³/mol. The van der Waals surface area contributed by atoms with Gasteiger partial charge in [-0.2, -0.15) is 0 Å². The van der Waals surface area contributed by atoms with E-state index in [0.717, 1.165) is 25.0 Å². The van der Waals surface area contributed by atoms with Crippen molar-refractivity contribution in [3.63, 3.8) is 0 Å². The highest BCUT2D eigenvalue weighted by Crippen LogP contribution is 2.37. The van der Waals surface area contributed by atoms with Gasteiger partial charge in [0.1, 0.15) is 11.0 Å². The van der Waals surface area contributed by atoms with Crippen LogP contribution in [-0.2, 0) is 9.59 Å². The first-order chi connectivity index (χ1) is 7.27. The maximum absolute atomic E-state index is 12.1. The van der Waals surface area contributed by atoms with E-state index in [1.54, 1.807) is 0 Å². The number of amides is 1. The van der Waals surface area contributed by atoms with Crippen molar-refractivity contribution >= 4 is 28.7 Å². The van der Waals surface area contributed by atoms with Crippen molar-refractivity contribution in [3.05, 3.63) is 11.8 Å². The molecule has 0 aromatic rings. The van der Waals surface area contributed by atoms with Crippen LogP contribution in [-0.4, -0.2) is 16.7 Å². The summed E-state index contributed by atoms with van der Waals surface area (Å²) in [4.78, 5) is 27.9. The molecule has 0 bridgehead atoms. The molecule has 2 heterocycles. The standard InChI is InChI=1S/C10H10N2O2S/c13-8-5-3-1-2-4-6(5)11-10-7(8)9(14)12-15-10/h4-5,7H,1-3H2,(H,12,14). The molecule has 4 nitrogen and oxygen atoms in total. The Balaban J connectivity index is 2.07. The van der Waals surface area contributed by atoms with Crippen LogP contribution < -0.4 is 4.72 Å². The Morgan fingerprint density at radius 3 is 3.20 bits per heavy atom. The van der Waals surface area contributed by atoms with Crippen molar-refractivity contribution < 1.29 is 9.59 Å². The summed E-state index contributed by atoms with van der Waals surface area (Å²) in [6.07, 6.45) is 4.88. The van der Waals surface area contributed by atoms with Crippen LogP contribution in [0.2, 0.25) is 0 Å². The lowest BCUT2D eigenvalue weighted by Gasteiger charge is -2.26. The average Bonchev–Trinajstić information content (AvgIpc) is 2.61. The van der Waals surface area contributed by atoms with Gasteiger partial charge in [0.25, 0.3) is 0 Å². The first kappa shape index (κ1) is 9.15. The Kier molecular flexibility index (Phi) is 1.95. The second kappa shape index (κ2) is 3.20. The third kappa shape index (κ3) is 1.26. The highest BCUT2D eigenvalue weighted by atomic mass is 32.2. The average molecular weight is 222 g/mol. The summed E-state index contributed by atoms with van der Waals surface area (Å²) in [5.41, 5.74) is 0.876. The maximum Gasteiger partial charge on any atom is 0.247 e. The van der Waals surface area contributed by atoms with Crippen LogP contribution >= 0.6 is 11.9 Å². The van der Waals surface area contributed by atoms with E-state index in [0.29, 0.717) is 5.04 Å². The van der Waals surface area contributed by atoms with E-state index in [9.17, 15) is 9.59 Å². The molecule has 1 N–H and O–H groups in total. The van der Waals surface area contributed by atoms with E-state index in [2.05, 4.69) is 9.71 Å². The van der Waals surface area contributed by atoms with Gasteiger partial charge in [0, 0.05) is 17.6 Å². The van der Waals surface area contributed by atoms with Crippen molar-refractivity contribution in [2.75, 3.05) is 0 Å². The summed E-state index contributed by atoms with van der Waals surface area (Å²) in [6.45, 7) is 0. The number of allylic oxidation sites excluding steroid dienone is 2. The van der Waals surface area contributed by atoms with Crippen molar-refractivity contribution in [2.24, 2.45) is 16.8 Å². The van der Waals surface area contributed by atoms with Crippen LogP contribution in [0.15, 0.2) is 16.8 Å². The zero-order valence-corrected chi connectivity index (χ0v) is 8.84. The fraction of sp³-hybridized carbons (Fsp3) is 0.500.